The Hall–Kier alpha value is -2.72. The molecule has 0 aliphatic heterocycles. The zero-order valence-corrected chi connectivity index (χ0v) is 16.1. The number of benzene rings is 3. The average Bonchev–Trinajstić information content (AvgIpc) is 2.66. The standard InChI is InChI=1S/C22H17BrN2O/c1-14-7-8-16(13-15(14)2)21-19-5-3-4-6-20(19)22(25-24-21)26-18-11-9-17(23)10-12-18/h3-13H,1-2H3. The summed E-state index contributed by atoms with van der Waals surface area (Å²) >= 11 is 3.43. The molecule has 0 radical (unpaired) electrons. The molecular formula is C22H17BrN2O. The molecule has 1 aromatic heterocycles. The summed E-state index contributed by atoms with van der Waals surface area (Å²) in [5.41, 5.74) is 4.43. The van der Waals surface area contributed by atoms with E-state index in [0.717, 1.165) is 32.3 Å². The van der Waals surface area contributed by atoms with Gasteiger partial charge in [0, 0.05) is 20.8 Å². The van der Waals surface area contributed by atoms with E-state index < -0.39 is 0 Å². The summed E-state index contributed by atoms with van der Waals surface area (Å²) in [4.78, 5) is 0. The second kappa shape index (κ2) is 6.89. The monoisotopic (exact) mass is 404 g/mol. The van der Waals surface area contributed by atoms with Crippen molar-refractivity contribution in [2.24, 2.45) is 0 Å². The van der Waals surface area contributed by atoms with Crippen molar-refractivity contribution in [1.29, 1.82) is 0 Å². The minimum atomic E-state index is 0.510. The van der Waals surface area contributed by atoms with Crippen molar-refractivity contribution < 1.29 is 4.74 Å². The van der Waals surface area contributed by atoms with E-state index in [1.165, 1.54) is 11.1 Å². The van der Waals surface area contributed by atoms with Gasteiger partial charge in [-0.3, -0.25) is 0 Å². The molecule has 0 amide bonds. The molecule has 0 spiro atoms. The van der Waals surface area contributed by atoms with Gasteiger partial charge in [0.2, 0.25) is 5.88 Å². The molecule has 0 atom stereocenters. The van der Waals surface area contributed by atoms with Gasteiger partial charge in [0.25, 0.3) is 0 Å². The Morgan fingerprint density at radius 1 is 0.769 bits per heavy atom. The van der Waals surface area contributed by atoms with Crippen LogP contribution in [0.5, 0.6) is 11.6 Å². The lowest BCUT2D eigenvalue weighted by molar-refractivity contribution is 0.462. The summed E-state index contributed by atoms with van der Waals surface area (Å²) < 4.78 is 6.99. The summed E-state index contributed by atoms with van der Waals surface area (Å²) in [5, 5.41) is 10.8. The molecule has 0 unspecified atom stereocenters. The van der Waals surface area contributed by atoms with Crippen LogP contribution in [0.1, 0.15) is 11.1 Å². The molecule has 0 saturated heterocycles. The predicted molar refractivity (Wildman–Crippen MR) is 109 cm³/mol. The highest BCUT2D eigenvalue weighted by atomic mass is 79.9. The van der Waals surface area contributed by atoms with Crippen molar-refractivity contribution in [2.45, 2.75) is 13.8 Å². The highest BCUT2D eigenvalue weighted by Crippen LogP contribution is 2.33. The van der Waals surface area contributed by atoms with Gasteiger partial charge in [0.1, 0.15) is 11.4 Å². The Bertz CT molecular complexity index is 1090. The third kappa shape index (κ3) is 3.20. The summed E-state index contributed by atoms with van der Waals surface area (Å²) in [6.45, 7) is 4.22. The molecule has 0 saturated carbocycles. The molecule has 26 heavy (non-hydrogen) atoms. The number of halogens is 1. The van der Waals surface area contributed by atoms with Crippen molar-refractivity contribution in [3.8, 4) is 22.9 Å². The van der Waals surface area contributed by atoms with Crippen molar-refractivity contribution in [1.82, 2.24) is 10.2 Å². The van der Waals surface area contributed by atoms with Crippen molar-refractivity contribution >= 4 is 26.7 Å². The molecule has 4 heteroatoms. The van der Waals surface area contributed by atoms with Crippen LogP contribution < -0.4 is 4.74 Å². The van der Waals surface area contributed by atoms with Crippen LogP contribution in [0.25, 0.3) is 22.0 Å². The maximum Gasteiger partial charge on any atom is 0.246 e. The number of ether oxygens (including phenoxy) is 1. The van der Waals surface area contributed by atoms with Gasteiger partial charge in [-0.25, -0.2) is 0 Å². The number of aromatic nitrogens is 2. The second-order valence-corrected chi connectivity index (χ2v) is 7.17. The third-order valence-electron chi connectivity index (χ3n) is 4.46. The molecule has 3 aromatic carbocycles. The Kier molecular flexibility index (Phi) is 4.43. The summed E-state index contributed by atoms with van der Waals surface area (Å²) in [6, 6.07) is 22.1. The van der Waals surface area contributed by atoms with Crippen molar-refractivity contribution in [3.63, 3.8) is 0 Å². The smallest absolute Gasteiger partial charge is 0.246 e. The molecule has 4 rings (SSSR count). The van der Waals surface area contributed by atoms with Crippen LogP contribution in [-0.4, -0.2) is 10.2 Å². The lowest BCUT2D eigenvalue weighted by atomic mass is 10.0. The Morgan fingerprint density at radius 3 is 2.23 bits per heavy atom. The van der Waals surface area contributed by atoms with Gasteiger partial charge in [-0.2, -0.15) is 0 Å². The lowest BCUT2D eigenvalue weighted by Gasteiger charge is -2.11. The average molecular weight is 405 g/mol. The third-order valence-corrected chi connectivity index (χ3v) is 4.99. The maximum absolute atomic E-state index is 5.99. The SMILES string of the molecule is Cc1ccc(-c2nnc(Oc3ccc(Br)cc3)c3ccccc23)cc1C. The van der Waals surface area contributed by atoms with Crippen LogP contribution in [0.4, 0.5) is 0 Å². The highest BCUT2D eigenvalue weighted by molar-refractivity contribution is 9.10. The number of aryl methyl sites for hydroxylation is 2. The maximum atomic E-state index is 5.99. The summed E-state index contributed by atoms with van der Waals surface area (Å²) in [6.07, 6.45) is 0. The molecule has 0 aliphatic rings. The number of nitrogens with zero attached hydrogens (tertiary/aromatic N) is 2. The first-order chi connectivity index (χ1) is 12.6. The number of rotatable bonds is 3. The molecular weight excluding hydrogens is 388 g/mol. The minimum Gasteiger partial charge on any atom is -0.437 e. The number of hydrogen-bond acceptors (Lipinski definition) is 3. The van der Waals surface area contributed by atoms with E-state index in [-0.39, 0.29) is 0 Å². The van der Waals surface area contributed by atoms with Crippen LogP contribution >= 0.6 is 15.9 Å². The van der Waals surface area contributed by atoms with E-state index in [9.17, 15) is 0 Å². The summed E-state index contributed by atoms with van der Waals surface area (Å²) in [5.74, 6) is 1.24. The van der Waals surface area contributed by atoms with E-state index in [1.807, 2.05) is 42.5 Å². The molecule has 0 N–H and O–H groups in total. The first kappa shape index (κ1) is 16.7. The van der Waals surface area contributed by atoms with E-state index in [1.54, 1.807) is 0 Å². The zero-order valence-electron chi connectivity index (χ0n) is 14.5. The Balaban J connectivity index is 1.82. The molecule has 4 aromatic rings. The zero-order chi connectivity index (χ0) is 18.1. The van der Waals surface area contributed by atoms with Gasteiger partial charge in [-0.15, -0.1) is 10.2 Å². The molecule has 0 fully saturated rings. The highest BCUT2D eigenvalue weighted by Gasteiger charge is 2.13. The largest absolute Gasteiger partial charge is 0.437 e. The number of fused-ring (bicyclic) bond motifs is 1. The minimum absolute atomic E-state index is 0.510. The van der Waals surface area contributed by atoms with Crippen molar-refractivity contribution in [3.05, 3.63) is 82.3 Å². The van der Waals surface area contributed by atoms with E-state index in [4.69, 9.17) is 4.74 Å². The fourth-order valence-electron chi connectivity index (χ4n) is 2.87. The van der Waals surface area contributed by atoms with E-state index in [2.05, 4.69) is 64.2 Å². The Morgan fingerprint density at radius 2 is 1.50 bits per heavy atom. The Labute approximate surface area is 160 Å². The van der Waals surface area contributed by atoms with Crippen LogP contribution in [0.3, 0.4) is 0 Å². The van der Waals surface area contributed by atoms with Gasteiger partial charge in [-0.05, 0) is 61.4 Å². The van der Waals surface area contributed by atoms with Crippen LogP contribution in [0.15, 0.2) is 71.2 Å². The van der Waals surface area contributed by atoms with E-state index >= 15 is 0 Å². The normalized spacial score (nSPS) is 10.9. The summed E-state index contributed by atoms with van der Waals surface area (Å²) in [7, 11) is 0. The van der Waals surface area contributed by atoms with Crippen molar-refractivity contribution in [2.75, 3.05) is 0 Å². The first-order valence-corrected chi connectivity index (χ1v) is 9.17. The molecule has 1 heterocycles. The second-order valence-electron chi connectivity index (χ2n) is 6.25. The topological polar surface area (TPSA) is 35.0 Å². The fraction of sp³-hybridized carbons (Fsp3) is 0.0909. The van der Waals surface area contributed by atoms with Gasteiger partial charge in [-0.1, -0.05) is 46.3 Å². The van der Waals surface area contributed by atoms with Gasteiger partial charge >= 0.3 is 0 Å². The van der Waals surface area contributed by atoms with E-state index in [0.29, 0.717) is 5.88 Å². The first-order valence-electron chi connectivity index (χ1n) is 8.38. The lowest BCUT2D eigenvalue weighted by Crippen LogP contribution is -1.96. The molecule has 0 aliphatic carbocycles. The van der Waals surface area contributed by atoms with Crippen LogP contribution in [0, 0.1) is 13.8 Å². The quantitative estimate of drug-likeness (QED) is 0.392. The van der Waals surface area contributed by atoms with Gasteiger partial charge in [0.15, 0.2) is 0 Å². The predicted octanol–water partition coefficient (Wildman–Crippen LogP) is 6.47. The molecule has 3 nitrogen and oxygen atoms in total. The van der Waals surface area contributed by atoms with Gasteiger partial charge < -0.3 is 4.74 Å². The van der Waals surface area contributed by atoms with Crippen LogP contribution in [-0.2, 0) is 0 Å². The molecule has 0 bridgehead atoms. The molecule has 128 valence electrons. The van der Waals surface area contributed by atoms with Crippen LogP contribution in [0.2, 0.25) is 0 Å². The number of hydrogen-bond donors (Lipinski definition) is 0. The fourth-order valence-corrected chi connectivity index (χ4v) is 3.14. The van der Waals surface area contributed by atoms with Gasteiger partial charge in [0.05, 0.1) is 0 Å².